The van der Waals surface area contributed by atoms with Gasteiger partial charge in [0.15, 0.2) is 0 Å². The van der Waals surface area contributed by atoms with E-state index in [4.69, 9.17) is 23.2 Å². The number of benzene rings is 3. The minimum Gasteiger partial charge on any atom is -0.352 e. The number of fused-ring (bicyclic) bond motifs is 1. The molecule has 1 atom stereocenters. The summed E-state index contributed by atoms with van der Waals surface area (Å²) in [4.78, 5) is 41.5. The summed E-state index contributed by atoms with van der Waals surface area (Å²) < 4.78 is 26.7. The van der Waals surface area contributed by atoms with E-state index in [9.17, 15) is 22.8 Å². The maximum absolute atomic E-state index is 13.8. The van der Waals surface area contributed by atoms with Gasteiger partial charge in [-0.05, 0) is 55.7 Å². The monoisotopic (exact) mass is 615 g/mol. The third kappa shape index (κ3) is 7.09. The highest BCUT2D eigenvalue weighted by Gasteiger charge is 2.40. The highest BCUT2D eigenvalue weighted by molar-refractivity contribution is 7.90. The summed E-state index contributed by atoms with van der Waals surface area (Å²) >= 11 is 12.5. The molecule has 216 valence electrons. The van der Waals surface area contributed by atoms with Crippen molar-refractivity contribution in [3.8, 4) is 0 Å². The van der Waals surface area contributed by atoms with Crippen molar-refractivity contribution >= 4 is 50.9 Å². The van der Waals surface area contributed by atoms with E-state index in [0.29, 0.717) is 15.6 Å². The maximum atomic E-state index is 13.8. The Balaban J connectivity index is 1.59. The second-order valence-electron chi connectivity index (χ2n) is 10.1. The predicted molar refractivity (Wildman–Crippen MR) is 158 cm³/mol. The minimum atomic E-state index is -3.99. The number of hydrogen-bond acceptors (Lipinski definition) is 5. The Morgan fingerprint density at radius 2 is 1.66 bits per heavy atom. The van der Waals surface area contributed by atoms with Crippen LogP contribution in [0.3, 0.4) is 0 Å². The summed E-state index contributed by atoms with van der Waals surface area (Å²) in [5, 5.41) is 3.71. The quantitative estimate of drug-likeness (QED) is 0.324. The van der Waals surface area contributed by atoms with Crippen molar-refractivity contribution < 1.29 is 22.8 Å². The van der Waals surface area contributed by atoms with Crippen molar-refractivity contribution in [2.24, 2.45) is 0 Å². The lowest BCUT2D eigenvalue weighted by atomic mass is 10.0. The Morgan fingerprint density at radius 3 is 2.32 bits per heavy atom. The van der Waals surface area contributed by atoms with E-state index in [2.05, 4.69) is 5.32 Å². The van der Waals surface area contributed by atoms with E-state index in [1.807, 2.05) is 44.2 Å². The average Bonchev–Trinajstić information content (AvgIpc) is 3.12. The van der Waals surface area contributed by atoms with E-state index in [0.717, 1.165) is 9.87 Å². The van der Waals surface area contributed by atoms with Crippen LogP contribution in [0.4, 0.5) is 0 Å². The van der Waals surface area contributed by atoms with Gasteiger partial charge in [-0.25, -0.2) is 12.7 Å². The molecule has 1 N–H and O–H groups in total. The zero-order chi connectivity index (χ0) is 29.7. The van der Waals surface area contributed by atoms with E-state index in [1.54, 1.807) is 30.3 Å². The second-order valence-corrected chi connectivity index (χ2v) is 12.8. The van der Waals surface area contributed by atoms with Crippen LogP contribution < -0.4 is 5.32 Å². The van der Waals surface area contributed by atoms with Gasteiger partial charge in [-0.2, -0.15) is 0 Å². The number of carbonyl (C=O) groups excluding carboxylic acids is 3. The van der Waals surface area contributed by atoms with Gasteiger partial charge >= 0.3 is 0 Å². The van der Waals surface area contributed by atoms with Gasteiger partial charge in [0.1, 0.15) is 10.9 Å². The fourth-order valence-electron chi connectivity index (χ4n) is 4.74. The molecular weight excluding hydrogens is 585 g/mol. The summed E-state index contributed by atoms with van der Waals surface area (Å²) in [5.74, 6) is -1.32. The Morgan fingerprint density at radius 1 is 0.976 bits per heavy atom. The molecule has 1 aliphatic rings. The maximum Gasteiger partial charge on any atom is 0.269 e. The first-order chi connectivity index (χ1) is 19.5. The SMILES string of the molecule is CC(C)NC(=O)[C@H](Cc1ccccc1)N(Cc1ccc(Cl)cc1Cl)C(=O)CCCN1C(=O)c2ccccc2S1(=O)=O. The van der Waals surface area contributed by atoms with Gasteiger partial charge in [0.05, 0.1) is 5.56 Å². The van der Waals surface area contributed by atoms with Gasteiger partial charge < -0.3 is 10.2 Å². The number of rotatable bonds is 11. The molecule has 0 saturated heterocycles. The highest BCUT2D eigenvalue weighted by atomic mass is 35.5. The summed E-state index contributed by atoms with van der Waals surface area (Å²) in [6, 6.07) is 19.3. The molecule has 0 unspecified atom stereocenters. The lowest BCUT2D eigenvalue weighted by molar-refractivity contribution is -0.141. The van der Waals surface area contributed by atoms with Gasteiger partial charge in [0, 0.05) is 42.0 Å². The van der Waals surface area contributed by atoms with Crippen LogP contribution in [-0.2, 0) is 32.6 Å². The van der Waals surface area contributed by atoms with Crippen molar-refractivity contribution in [1.82, 2.24) is 14.5 Å². The molecule has 0 radical (unpaired) electrons. The molecule has 0 fully saturated rings. The van der Waals surface area contributed by atoms with Crippen molar-refractivity contribution in [1.29, 1.82) is 0 Å². The van der Waals surface area contributed by atoms with Crippen molar-refractivity contribution in [3.05, 3.63) is 99.5 Å². The average molecular weight is 617 g/mol. The summed E-state index contributed by atoms with van der Waals surface area (Å²) in [7, 11) is -3.99. The first kappa shape index (κ1) is 30.6. The third-order valence-corrected chi connectivity index (χ3v) is 9.15. The van der Waals surface area contributed by atoms with Crippen molar-refractivity contribution in [3.63, 3.8) is 0 Å². The predicted octanol–water partition coefficient (Wildman–Crippen LogP) is 5.08. The molecule has 8 nitrogen and oxygen atoms in total. The first-order valence-corrected chi connectivity index (χ1v) is 15.4. The van der Waals surface area contributed by atoms with Gasteiger partial charge in [-0.15, -0.1) is 0 Å². The molecule has 3 amide bonds. The summed E-state index contributed by atoms with van der Waals surface area (Å²) in [5.41, 5.74) is 1.58. The van der Waals surface area contributed by atoms with Crippen molar-refractivity contribution in [2.75, 3.05) is 6.54 Å². The Kier molecular flexibility index (Phi) is 9.73. The molecule has 1 heterocycles. The normalized spacial score (nSPS) is 14.6. The molecule has 1 aliphatic heterocycles. The molecule has 3 aromatic carbocycles. The van der Waals surface area contributed by atoms with Crippen LogP contribution in [0.5, 0.6) is 0 Å². The number of nitrogens with one attached hydrogen (secondary N) is 1. The largest absolute Gasteiger partial charge is 0.352 e. The highest BCUT2D eigenvalue weighted by Crippen LogP contribution is 2.30. The molecule has 4 rings (SSSR count). The molecule has 11 heteroatoms. The number of nitrogens with zero attached hydrogens (tertiary/aromatic N) is 2. The molecular formula is C30H31Cl2N3O5S. The zero-order valence-electron chi connectivity index (χ0n) is 22.7. The number of halogens is 2. The molecule has 0 saturated carbocycles. The van der Waals surface area contributed by atoms with Crippen molar-refractivity contribution in [2.45, 2.75) is 56.6 Å². The number of carbonyl (C=O) groups is 3. The van der Waals surface area contributed by atoms with Crippen LogP contribution in [-0.4, -0.2) is 54.0 Å². The fraction of sp³-hybridized carbons (Fsp3) is 0.300. The van der Waals surface area contributed by atoms with Gasteiger partial charge in [-0.1, -0.05) is 71.7 Å². The first-order valence-electron chi connectivity index (χ1n) is 13.2. The molecule has 0 aliphatic carbocycles. The Hall–Kier alpha value is -3.40. The lowest BCUT2D eigenvalue weighted by Crippen LogP contribution is -2.51. The van der Waals surface area contributed by atoms with Crippen LogP contribution in [0.1, 0.15) is 48.2 Å². The van der Waals surface area contributed by atoms with Gasteiger partial charge in [-0.3, -0.25) is 14.4 Å². The standard InChI is InChI=1S/C30H31Cl2N3O5S/c1-20(2)33-29(37)26(17-21-9-4-3-5-10-21)34(19-22-14-15-23(31)18-25(22)32)28(36)13-8-16-35-30(38)24-11-6-7-12-27(24)41(35,39)40/h3-7,9-12,14-15,18,20,26H,8,13,16-17,19H2,1-2H3,(H,33,37)/t26-/m0/s1. The van der Waals surface area contributed by atoms with Crippen LogP contribution in [0.15, 0.2) is 77.7 Å². The Bertz CT molecular complexity index is 1550. The fourth-order valence-corrected chi connectivity index (χ4v) is 6.81. The lowest BCUT2D eigenvalue weighted by Gasteiger charge is -2.32. The Labute approximate surface area is 250 Å². The smallest absolute Gasteiger partial charge is 0.269 e. The number of sulfonamides is 1. The van der Waals surface area contributed by atoms with Crippen LogP contribution >= 0.6 is 23.2 Å². The van der Waals surface area contributed by atoms with E-state index < -0.39 is 22.0 Å². The number of amides is 3. The molecule has 41 heavy (non-hydrogen) atoms. The van der Waals surface area contributed by atoms with Gasteiger partial charge in [0.2, 0.25) is 11.8 Å². The van der Waals surface area contributed by atoms with Crippen LogP contribution in [0, 0.1) is 0 Å². The van der Waals surface area contributed by atoms with E-state index >= 15 is 0 Å². The third-order valence-electron chi connectivity index (χ3n) is 6.72. The van der Waals surface area contributed by atoms with Gasteiger partial charge in [0.25, 0.3) is 15.9 Å². The molecule has 0 spiro atoms. The molecule has 3 aromatic rings. The molecule has 0 bridgehead atoms. The zero-order valence-corrected chi connectivity index (χ0v) is 25.0. The van der Waals surface area contributed by atoms with Crippen LogP contribution in [0.25, 0.3) is 0 Å². The second kappa shape index (κ2) is 13.1. The van der Waals surface area contributed by atoms with E-state index in [-0.39, 0.29) is 60.7 Å². The minimum absolute atomic E-state index is 0.0320. The van der Waals surface area contributed by atoms with Crippen LogP contribution in [0.2, 0.25) is 10.0 Å². The summed E-state index contributed by atoms with van der Waals surface area (Å²) in [6.07, 6.45) is 0.234. The van der Waals surface area contributed by atoms with E-state index in [1.165, 1.54) is 17.0 Å². The number of hydrogen-bond donors (Lipinski definition) is 1. The molecule has 0 aromatic heterocycles. The summed E-state index contributed by atoms with van der Waals surface area (Å²) in [6.45, 7) is 3.54. The topological polar surface area (TPSA) is 104 Å².